The number of rotatable bonds is 7. The van der Waals surface area contributed by atoms with Gasteiger partial charge in [0, 0.05) is 45.2 Å². The van der Waals surface area contributed by atoms with Crippen LogP contribution in [0.1, 0.15) is 40.5 Å². The molecular weight excluding hydrogens is 270 g/mol. The van der Waals surface area contributed by atoms with E-state index in [1.807, 2.05) is 32.6 Å². The van der Waals surface area contributed by atoms with Crippen molar-refractivity contribution in [3.63, 3.8) is 0 Å². The summed E-state index contributed by atoms with van der Waals surface area (Å²) < 4.78 is 0. The first-order valence-corrected chi connectivity index (χ1v) is 7.75. The lowest BCUT2D eigenvalue weighted by Gasteiger charge is -2.43. The number of carboxylic acids is 1. The van der Waals surface area contributed by atoms with Gasteiger partial charge in [-0.25, -0.2) is 0 Å². The Morgan fingerprint density at radius 2 is 1.86 bits per heavy atom. The van der Waals surface area contributed by atoms with Crippen LogP contribution >= 0.6 is 0 Å². The maximum absolute atomic E-state index is 12.9. The van der Waals surface area contributed by atoms with Crippen molar-refractivity contribution < 1.29 is 14.7 Å². The zero-order chi connectivity index (χ0) is 16.0. The summed E-state index contributed by atoms with van der Waals surface area (Å²) in [6, 6.07) is 0.0773. The largest absolute Gasteiger partial charge is 0.481 e. The van der Waals surface area contributed by atoms with E-state index < -0.39 is 11.5 Å². The molecule has 6 heteroatoms. The van der Waals surface area contributed by atoms with E-state index in [4.69, 9.17) is 5.11 Å². The molecule has 1 amide bonds. The predicted molar refractivity (Wildman–Crippen MR) is 82.2 cm³/mol. The third-order valence-corrected chi connectivity index (χ3v) is 4.10. The zero-order valence-electron chi connectivity index (χ0n) is 13.7. The molecule has 0 aromatic carbocycles. The fraction of sp³-hybridized carbons (Fsp3) is 0.867. The number of piperazine rings is 1. The molecule has 21 heavy (non-hydrogen) atoms. The minimum absolute atomic E-state index is 0.0773. The van der Waals surface area contributed by atoms with Gasteiger partial charge in [0.1, 0.15) is 0 Å². The second kappa shape index (κ2) is 7.75. The molecular formula is C15H29N3O3. The fourth-order valence-corrected chi connectivity index (χ4v) is 2.71. The summed E-state index contributed by atoms with van der Waals surface area (Å²) >= 11 is 0. The van der Waals surface area contributed by atoms with E-state index >= 15 is 0 Å². The molecule has 0 spiro atoms. The molecule has 0 bridgehead atoms. The van der Waals surface area contributed by atoms with Crippen molar-refractivity contribution in [3.8, 4) is 0 Å². The molecule has 0 saturated carbocycles. The number of hydrogen-bond acceptors (Lipinski definition) is 4. The lowest BCUT2D eigenvalue weighted by atomic mass is 9.98. The van der Waals surface area contributed by atoms with Gasteiger partial charge in [-0.3, -0.25) is 14.5 Å². The van der Waals surface area contributed by atoms with Crippen LogP contribution in [-0.2, 0) is 9.59 Å². The lowest BCUT2D eigenvalue weighted by Crippen LogP contribution is -2.61. The summed E-state index contributed by atoms with van der Waals surface area (Å²) in [4.78, 5) is 27.6. The molecule has 1 saturated heterocycles. The van der Waals surface area contributed by atoms with E-state index in [9.17, 15) is 9.59 Å². The monoisotopic (exact) mass is 299 g/mol. The van der Waals surface area contributed by atoms with E-state index in [0.717, 1.165) is 26.2 Å². The Bertz CT molecular complexity index is 363. The van der Waals surface area contributed by atoms with Gasteiger partial charge in [0.25, 0.3) is 0 Å². The zero-order valence-corrected chi connectivity index (χ0v) is 13.7. The molecule has 1 rings (SSSR count). The van der Waals surface area contributed by atoms with Gasteiger partial charge in [0.2, 0.25) is 5.91 Å². The number of aliphatic carboxylic acids is 1. The Morgan fingerprint density at radius 3 is 2.33 bits per heavy atom. The van der Waals surface area contributed by atoms with E-state index in [0.29, 0.717) is 13.0 Å². The summed E-state index contributed by atoms with van der Waals surface area (Å²) in [5.41, 5.74) is -0.546. The van der Waals surface area contributed by atoms with Crippen molar-refractivity contribution in [2.45, 2.75) is 52.1 Å². The maximum atomic E-state index is 12.9. The Kier molecular flexibility index (Phi) is 6.61. The van der Waals surface area contributed by atoms with Crippen molar-refractivity contribution in [1.82, 2.24) is 15.1 Å². The highest BCUT2D eigenvalue weighted by atomic mass is 16.4. The molecule has 1 aliphatic rings. The van der Waals surface area contributed by atoms with Crippen LogP contribution < -0.4 is 5.32 Å². The average molecular weight is 299 g/mol. The van der Waals surface area contributed by atoms with Gasteiger partial charge in [-0.15, -0.1) is 0 Å². The number of nitrogens with one attached hydrogen (secondary N) is 1. The van der Waals surface area contributed by atoms with E-state index in [-0.39, 0.29) is 18.4 Å². The SMILES string of the molecule is CC(C)N(CCCC(=O)O)C(=O)C(C)(C)N1CCNCC1. The van der Waals surface area contributed by atoms with Crippen LogP contribution in [0.3, 0.4) is 0 Å². The maximum Gasteiger partial charge on any atom is 0.303 e. The standard InChI is InChI=1S/C15H29N3O3/c1-12(2)18(9-5-6-13(19)20)14(21)15(3,4)17-10-7-16-8-11-17/h12,16H,5-11H2,1-4H3,(H,19,20). The van der Waals surface area contributed by atoms with Gasteiger partial charge in [-0.1, -0.05) is 0 Å². The summed E-state index contributed by atoms with van der Waals surface area (Å²) in [5.74, 6) is -0.725. The number of carbonyl (C=O) groups excluding carboxylic acids is 1. The van der Waals surface area contributed by atoms with Crippen LogP contribution in [0.15, 0.2) is 0 Å². The number of carbonyl (C=O) groups is 2. The highest BCUT2D eigenvalue weighted by Gasteiger charge is 2.38. The second-order valence-corrected chi connectivity index (χ2v) is 6.39. The molecule has 1 aliphatic heterocycles. The third kappa shape index (κ3) is 4.97. The molecule has 0 atom stereocenters. The molecule has 1 fully saturated rings. The van der Waals surface area contributed by atoms with E-state index in [2.05, 4.69) is 10.2 Å². The van der Waals surface area contributed by atoms with Crippen LogP contribution in [0.25, 0.3) is 0 Å². The molecule has 6 nitrogen and oxygen atoms in total. The smallest absolute Gasteiger partial charge is 0.303 e. The molecule has 1 heterocycles. The van der Waals surface area contributed by atoms with Crippen molar-refractivity contribution in [2.75, 3.05) is 32.7 Å². The minimum atomic E-state index is -0.812. The van der Waals surface area contributed by atoms with Crippen LogP contribution in [0, 0.1) is 0 Å². The quantitative estimate of drug-likeness (QED) is 0.726. The Balaban J connectivity index is 2.71. The van der Waals surface area contributed by atoms with Gasteiger partial charge in [-0.2, -0.15) is 0 Å². The normalized spacial score (nSPS) is 17.0. The van der Waals surface area contributed by atoms with Crippen molar-refractivity contribution >= 4 is 11.9 Å². The number of amides is 1. The minimum Gasteiger partial charge on any atom is -0.481 e. The first kappa shape index (κ1) is 17.9. The first-order chi connectivity index (χ1) is 9.76. The number of hydrogen-bond donors (Lipinski definition) is 2. The highest BCUT2D eigenvalue weighted by molar-refractivity contribution is 5.85. The second-order valence-electron chi connectivity index (χ2n) is 6.39. The Labute approximate surface area is 127 Å². The molecule has 0 aliphatic carbocycles. The lowest BCUT2D eigenvalue weighted by molar-refractivity contribution is -0.146. The van der Waals surface area contributed by atoms with Crippen LogP contribution in [0.2, 0.25) is 0 Å². The summed E-state index contributed by atoms with van der Waals surface area (Å²) in [5, 5.41) is 12.0. The van der Waals surface area contributed by atoms with Crippen molar-refractivity contribution in [3.05, 3.63) is 0 Å². The number of nitrogens with zero attached hydrogens (tertiary/aromatic N) is 2. The molecule has 0 aromatic heterocycles. The van der Waals surface area contributed by atoms with Crippen LogP contribution in [0.5, 0.6) is 0 Å². The Hall–Kier alpha value is -1.14. The van der Waals surface area contributed by atoms with Gasteiger partial charge in [-0.05, 0) is 34.1 Å². The van der Waals surface area contributed by atoms with Crippen LogP contribution in [-0.4, -0.2) is 71.1 Å². The average Bonchev–Trinajstić information content (AvgIpc) is 2.43. The van der Waals surface area contributed by atoms with Crippen molar-refractivity contribution in [2.24, 2.45) is 0 Å². The van der Waals surface area contributed by atoms with Gasteiger partial charge < -0.3 is 15.3 Å². The summed E-state index contributed by atoms with van der Waals surface area (Å²) in [7, 11) is 0. The summed E-state index contributed by atoms with van der Waals surface area (Å²) in [6.07, 6.45) is 0.599. The molecule has 0 unspecified atom stereocenters. The molecule has 0 radical (unpaired) electrons. The third-order valence-electron chi connectivity index (χ3n) is 4.10. The molecule has 122 valence electrons. The first-order valence-electron chi connectivity index (χ1n) is 7.75. The summed E-state index contributed by atoms with van der Waals surface area (Å²) in [6.45, 7) is 11.9. The van der Waals surface area contributed by atoms with Crippen molar-refractivity contribution in [1.29, 1.82) is 0 Å². The Morgan fingerprint density at radius 1 is 1.29 bits per heavy atom. The van der Waals surface area contributed by atoms with Gasteiger partial charge in [0.05, 0.1) is 5.54 Å². The predicted octanol–water partition coefficient (Wildman–Crippen LogP) is 0.772. The van der Waals surface area contributed by atoms with Crippen LogP contribution in [0.4, 0.5) is 0 Å². The fourth-order valence-electron chi connectivity index (χ4n) is 2.71. The van der Waals surface area contributed by atoms with E-state index in [1.54, 1.807) is 0 Å². The highest BCUT2D eigenvalue weighted by Crippen LogP contribution is 2.20. The van der Waals surface area contributed by atoms with E-state index in [1.165, 1.54) is 0 Å². The van der Waals surface area contributed by atoms with Gasteiger partial charge in [0.15, 0.2) is 0 Å². The topological polar surface area (TPSA) is 72.9 Å². The molecule has 0 aromatic rings. The number of carboxylic acid groups (broad SMARTS) is 1. The van der Waals surface area contributed by atoms with Gasteiger partial charge >= 0.3 is 5.97 Å². The molecule has 2 N–H and O–H groups in total.